The van der Waals surface area contributed by atoms with E-state index in [2.05, 4.69) is 17.6 Å². The summed E-state index contributed by atoms with van der Waals surface area (Å²) in [5.41, 5.74) is 6.22. The van der Waals surface area contributed by atoms with Crippen molar-refractivity contribution in [2.24, 2.45) is 10.7 Å². The van der Waals surface area contributed by atoms with Crippen LogP contribution in [0.15, 0.2) is 34.2 Å². The third-order valence-corrected chi connectivity index (χ3v) is 1.56. The largest absolute Gasteiger partial charge is 0.387 e. The maximum absolute atomic E-state index is 5.41. The fraction of sp³-hybridized carbons (Fsp3) is 0.125. The first-order valence-electron chi connectivity index (χ1n) is 3.29. The standard InChI is InChI=1S/C8H10N2S/c1-6(9)10-7-4-2-3-5-8(7)11/h2-5,11H,1H3,(H2,9,10). The Morgan fingerprint density at radius 3 is 2.64 bits per heavy atom. The molecule has 0 aliphatic rings. The van der Waals surface area contributed by atoms with E-state index < -0.39 is 0 Å². The van der Waals surface area contributed by atoms with Crippen LogP contribution < -0.4 is 5.73 Å². The molecule has 58 valence electrons. The predicted octanol–water partition coefficient (Wildman–Crippen LogP) is 1.98. The van der Waals surface area contributed by atoms with Crippen LogP contribution in [0, 0.1) is 0 Å². The van der Waals surface area contributed by atoms with Crippen LogP contribution in [-0.4, -0.2) is 5.84 Å². The maximum atomic E-state index is 5.41. The third kappa shape index (κ3) is 2.27. The summed E-state index contributed by atoms with van der Waals surface area (Å²) in [5.74, 6) is 0.548. The van der Waals surface area contributed by atoms with Gasteiger partial charge in [-0.05, 0) is 19.1 Å². The molecule has 2 N–H and O–H groups in total. The highest BCUT2D eigenvalue weighted by Crippen LogP contribution is 2.21. The summed E-state index contributed by atoms with van der Waals surface area (Å²) in [6.07, 6.45) is 0. The van der Waals surface area contributed by atoms with Gasteiger partial charge < -0.3 is 5.73 Å². The molecule has 0 aliphatic heterocycles. The van der Waals surface area contributed by atoms with E-state index >= 15 is 0 Å². The number of hydrogen-bond acceptors (Lipinski definition) is 2. The van der Waals surface area contributed by atoms with Crippen LogP contribution >= 0.6 is 12.6 Å². The fourth-order valence-electron chi connectivity index (χ4n) is 0.749. The van der Waals surface area contributed by atoms with E-state index in [0.717, 1.165) is 10.6 Å². The molecule has 0 saturated carbocycles. The van der Waals surface area contributed by atoms with E-state index in [0.29, 0.717) is 5.84 Å². The molecule has 1 aromatic carbocycles. The summed E-state index contributed by atoms with van der Waals surface area (Å²) >= 11 is 4.21. The zero-order chi connectivity index (χ0) is 8.27. The van der Waals surface area contributed by atoms with Crippen molar-refractivity contribution in [1.29, 1.82) is 0 Å². The topological polar surface area (TPSA) is 38.4 Å². The van der Waals surface area contributed by atoms with Gasteiger partial charge in [-0.15, -0.1) is 12.6 Å². The molecule has 0 bridgehead atoms. The summed E-state index contributed by atoms with van der Waals surface area (Å²) in [4.78, 5) is 4.92. The molecule has 0 amide bonds. The molecule has 0 aliphatic carbocycles. The lowest BCUT2D eigenvalue weighted by Gasteiger charge is -1.97. The Hall–Kier alpha value is -0.960. The van der Waals surface area contributed by atoms with Crippen molar-refractivity contribution in [3.05, 3.63) is 24.3 Å². The molecule has 11 heavy (non-hydrogen) atoms. The first kappa shape index (κ1) is 8.14. The average molecular weight is 166 g/mol. The Labute approximate surface area is 71.6 Å². The normalized spacial score (nSPS) is 11.6. The summed E-state index contributed by atoms with van der Waals surface area (Å²) in [6, 6.07) is 7.57. The van der Waals surface area contributed by atoms with Gasteiger partial charge in [-0.2, -0.15) is 0 Å². The number of thiol groups is 1. The second kappa shape index (κ2) is 3.44. The van der Waals surface area contributed by atoms with Crippen LogP contribution in [-0.2, 0) is 0 Å². The molecule has 0 aromatic heterocycles. The van der Waals surface area contributed by atoms with Crippen molar-refractivity contribution < 1.29 is 0 Å². The van der Waals surface area contributed by atoms with Crippen LogP contribution in [0.1, 0.15) is 6.92 Å². The van der Waals surface area contributed by atoms with E-state index in [9.17, 15) is 0 Å². The summed E-state index contributed by atoms with van der Waals surface area (Å²) in [6.45, 7) is 1.75. The number of para-hydroxylation sites is 1. The molecule has 1 aromatic rings. The van der Waals surface area contributed by atoms with Gasteiger partial charge in [-0.3, -0.25) is 0 Å². The molecule has 0 unspecified atom stereocenters. The predicted molar refractivity (Wildman–Crippen MR) is 50.7 cm³/mol. The van der Waals surface area contributed by atoms with Gasteiger partial charge in [-0.25, -0.2) is 4.99 Å². The number of aliphatic imine (C=N–C) groups is 1. The molecular weight excluding hydrogens is 156 g/mol. The number of amidine groups is 1. The van der Waals surface area contributed by atoms with E-state index in [1.807, 2.05) is 24.3 Å². The van der Waals surface area contributed by atoms with E-state index in [1.54, 1.807) is 6.92 Å². The minimum absolute atomic E-state index is 0.548. The molecule has 3 heteroatoms. The van der Waals surface area contributed by atoms with Gasteiger partial charge in [0.1, 0.15) is 0 Å². The van der Waals surface area contributed by atoms with Gasteiger partial charge in [0.15, 0.2) is 0 Å². The molecule has 1 rings (SSSR count). The number of nitrogens with two attached hydrogens (primary N) is 1. The molecular formula is C8H10N2S. The van der Waals surface area contributed by atoms with Crippen LogP contribution in [0.4, 0.5) is 5.69 Å². The number of benzene rings is 1. The lowest BCUT2D eigenvalue weighted by molar-refractivity contribution is 1.36. The van der Waals surface area contributed by atoms with E-state index in [1.165, 1.54) is 0 Å². The van der Waals surface area contributed by atoms with Gasteiger partial charge in [0.2, 0.25) is 0 Å². The van der Waals surface area contributed by atoms with Crippen LogP contribution in [0.3, 0.4) is 0 Å². The monoisotopic (exact) mass is 166 g/mol. The quantitative estimate of drug-likeness (QED) is 0.374. The van der Waals surface area contributed by atoms with Crippen LogP contribution in [0.25, 0.3) is 0 Å². The maximum Gasteiger partial charge on any atom is 0.0965 e. The highest BCUT2D eigenvalue weighted by Gasteiger charge is 1.92. The van der Waals surface area contributed by atoms with Crippen molar-refractivity contribution in [2.45, 2.75) is 11.8 Å². The van der Waals surface area contributed by atoms with Crippen molar-refractivity contribution in [3.8, 4) is 0 Å². The van der Waals surface area contributed by atoms with E-state index in [4.69, 9.17) is 5.73 Å². The lowest BCUT2D eigenvalue weighted by Crippen LogP contribution is -2.03. The number of rotatable bonds is 1. The molecule has 0 atom stereocenters. The fourth-order valence-corrected chi connectivity index (χ4v) is 0.959. The van der Waals surface area contributed by atoms with Gasteiger partial charge in [0, 0.05) is 4.90 Å². The van der Waals surface area contributed by atoms with Crippen LogP contribution in [0.2, 0.25) is 0 Å². The summed E-state index contributed by atoms with van der Waals surface area (Å²) in [5, 5.41) is 0. The Morgan fingerprint density at radius 1 is 1.45 bits per heavy atom. The smallest absolute Gasteiger partial charge is 0.0965 e. The highest BCUT2D eigenvalue weighted by molar-refractivity contribution is 7.80. The minimum Gasteiger partial charge on any atom is -0.387 e. The van der Waals surface area contributed by atoms with Gasteiger partial charge in [0.05, 0.1) is 11.5 Å². The molecule has 0 fully saturated rings. The second-order valence-corrected chi connectivity index (χ2v) is 2.72. The average Bonchev–Trinajstić information content (AvgIpc) is 1.93. The minimum atomic E-state index is 0.548. The zero-order valence-corrected chi connectivity index (χ0v) is 7.18. The zero-order valence-electron chi connectivity index (χ0n) is 6.28. The Balaban J connectivity index is 3.04. The molecule has 0 saturated heterocycles. The summed E-state index contributed by atoms with van der Waals surface area (Å²) in [7, 11) is 0. The van der Waals surface area contributed by atoms with Gasteiger partial charge in [0.25, 0.3) is 0 Å². The van der Waals surface area contributed by atoms with Gasteiger partial charge in [-0.1, -0.05) is 12.1 Å². The van der Waals surface area contributed by atoms with Crippen molar-refractivity contribution in [1.82, 2.24) is 0 Å². The van der Waals surface area contributed by atoms with E-state index in [-0.39, 0.29) is 0 Å². The van der Waals surface area contributed by atoms with Crippen molar-refractivity contribution in [3.63, 3.8) is 0 Å². The molecule has 0 heterocycles. The van der Waals surface area contributed by atoms with Gasteiger partial charge >= 0.3 is 0 Å². The Morgan fingerprint density at radius 2 is 2.09 bits per heavy atom. The second-order valence-electron chi connectivity index (χ2n) is 2.24. The molecule has 0 spiro atoms. The highest BCUT2D eigenvalue weighted by atomic mass is 32.1. The Kier molecular flexibility index (Phi) is 2.54. The number of hydrogen-bond donors (Lipinski definition) is 2. The SMILES string of the molecule is CC(N)=Nc1ccccc1S. The third-order valence-electron chi connectivity index (χ3n) is 1.18. The first-order valence-corrected chi connectivity index (χ1v) is 3.73. The molecule has 0 radical (unpaired) electrons. The van der Waals surface area contributed by atoms with Crippen molar-refractivity contribution in [2.75, 3.05) is 0 Å². The first-order chi connectivity index (χ1) is 5.20. The Bertz CT molecular complexity index is 277. The lowest BCUT2D eigenvalue weighted by atomic mass is 10.3. The molecule has 2 nitrogen and oxygen atoms in total. The summed E-state index contributed by atoms with van der Waals surface area (Å²) < 4.78 is 0. The van der Waals surface area contributed by atoms with Crippen LogP contribution in [0.5, 0.6) is 0 Å². The number of nitrogens with zero attached hydrogens (tertiary/aromatic N) is 1. The van der Waals surface area contributed by atoms with Crippen molar-refractivity contribution >= 4 is 24.2 Å².